The van der Waals surface area contributed by atoms with Gasteiger partial charge in [-0.25, -0.2) is 4.79 Å². The minimum Gasteiger partial charge on any atom is -0.312 e. The third kappa shape index (κ3) is 1.83. The van der Waals surface area contributed by atoms with Crippen LogP contribution >= 0.6 is 11.6 Å². The Morgan fingerprint density at radius 1 is 1.33 bits per heavy atom. The van der Waals surface area contributed by atoms with E-state index in [1.807, 2.05) is 19.1 Å². The van der Waals surface area contributed by atoms with Crippen molar-refractivity contribution in [3.63, 3.8) is 0 Å². The first-order valence-electron chi connectivity index (χ1n) is 4.77. The van der Waals surface area contributed by atoms with Crippen LogP contribution in [0, 0.1) is 0 Å². The highest BCUT2D eigenvalue weighted by Gasteiger charge is 2.05. The number of H-pyrrole nitrogens is 1. The van der Waals surface area contributed by atoms with Crippen LogP contribution in [0.1, 0.15) is 12.6 Å². The lowest BCUT2D eigenvalue weighted by molar-refractivity contribution is 0.899. The average molecular weight is 223 g/mol. The molecule has 2 rings (SSSR count). The van der Waals surface area contributed by atoms with Crippen molar-refractivity contribution in [2.24, 2.45) is 0 Å². The number of aryl methyl sites for hydroxylation is 1. The van der Waals surface area contributed by atoms with Gasteiger partial charge in [0.25, 0.3) is 0 Å². The van der Waals surface area contributed by atoms with E-state index in [1.54, 1.807) is 22.9 Å². The summed E-state index contributed by atoms with van der Waals surface area (Å²) in [6, 6.07) is 7.21. The van der Waals surface area contributed by atoms with Crippen LogP contribution in [0.3, 0.4) is 0 Å². The number of rotatable bonds is 2. The predicted molar refractivity (Wildman–Crippen MR) is 60.8 cm³/mol. The Morgan fingerprint density at radius 2 is 2.00 bits per heavy atom. The number of nitrogens with one attached hydrogen (secondary N) is 1. The van der Waals surface area contributed by atoms with Crippen molar-refractivity contribution >= 4 is 11.6 Å². The zero-order valence-electron chi connectivity index (χ0n) is 8.33. The molecule has 3 nitrogen and oxygen atoms in total. The van der Waals surface area contributed by atoms with Crippen LogP contribution in [0.15, 0.2) is 35.3 Å². The Balaban J connectivity index is 2.57. The second-order valence-electron chi connectivity index (χ2n) is 3.25. The molecule has 0 bridgehead atoms. The van der Waals surface area contributed by atoms with Gasteiger partial charge in [-0.3, -0.25) is 4.57 Å². The highest BCUT2D eigenvalue weighted by molar-refractivity contribution is 6.30. The highest BCUT2D eigenvalue weighted by atomic mass is 35.5. The molecule has 15 heavy (non-hydrogen) atoms. The van der Waals surface area contributed by atoms with E-state index in [2.05, 4.69) is 4.98 Å². The smallest absolute Gasteiger partial charge is 0.312 e. The van der Waals surface area contributed by atoms with Crippen LogP contribution in [-0.2, 0) is 6.42 Å². The first-order valence-corrected chi connectivity index (χ1v) is 5.15. The molecular formula is C11H11ClN2O. The molecule has 0 amide bonds. The first kappa shape index (κ1) is 10.1. The van der Waals surface area contributed by atoms with Gasteiger partial charge in [0.2, 0.25) is 0 Å². The maximum atomic E-state index is 11.6. The number of imidazole rings is 1. The van der Waals surface area contributed by atoms with Crippen LogP contribution in [0.5, 0.6) is 0 Å². The van der Waals surface area contributed by atoms with E-state index in [0.29, 0.717) is 5.02 Å². The average Bonchev–Trinajstić information content (AvgIpc) is 2.61. The molecule has 0 aliphatic rings. The van der Waals surface area contributed by atoms with E-state index in [-0.39, 0.29) is 5.69 Å². The predicted octanol–water partition coefficient (Wildman–Crippen LogP) is 2.38. The quantitative estimate of drug-likeness (QED) is 0.833. The minimum atomic E-state index is -0.117. The van der Waals surface area contributed by atoms with E-state index in [4.69, 9.17) is 11.6 Å². The number of aromatic nitrogens is 2. The van der Waals surface area contributed by atoms with Crippen molar-refractivity contribution in [1.82, 2.24) is 9.55 Å². The number of aromatic amines is 1. The maximum Gasteiger partial charge on any atom is 0.330 e. The van der Waals surface area contributed by atoms with Gasteiger partial charge in [-0.2, -0.15) is 0 Å². The van der Waals surface area contributed by atoms with Gasteiger partial charge in [-0.05, 0) is 30.7 Å². The molecule has 0 spiro atoms. The molecule has 0 aliphatic carbocycles. The highest BCUT2D eigenvalue weighted by Crippen LogP contribution is 2.13. The zero-order valence-corrected chi connectivity index (χ0v) is 9.08. The fourth-order valence-corrected chi connectivity index (χ4v) is 1.66. The van der Waals surface area contributed by atoms with Crippen molar-refractivity contribution in [1.29, 1.82) is 0 Å². The lowest BCUT2D eigenvalue weighted by atomic mass is 10.3. The number of hydrogen-bond donors (Lipinski definition) is 1. The Bertz CT molecular complexity index is 510. The van der Waals surface area contributed by atoms with Gasteiger partial charge in [0.05, 0.1) is 5.69 Å². The summed E-state index contributed by atoms with van der Waals surface area (Å²) in [6.45, 7) is 2.01. The van der Waals surface area contributed by atoms with E-state index >= 15 is 0 Å². The second kappa shape index (κ2) is 3.95. The van der Waals surface area contributed by atoms with Gasteiger partial charge >= 0.3 is 5.69 Å². The molecule has 0 aliphatic heterocycles. The molecule has 0 atom stereocenters. The van der Waals surface area contributed by atoms with Gasteiger partial charge in [-0.1, -0.05) is 18.5 Å². The summed E-state index contributed by atoms with van der Waals surface area (Å²) < 4.78 is 1.65. The molecule has 1 aromatic heterocycles. The minimum absolute atomic E-state index is 0.117. The largest absolute Gasteiger partial charge is 0.330 e. The molecule has 4 heteroatoms. The molecule has 2 aromatic rings. The fourth-order valence-electron chi connectivity index (χ4n) is 1.54. The number of nitrogens with zero attached hydrogens (tertiary/aromatic N) is 1. The molecule has 0 saturated heterocycles. The normalized spacial score (nSPS) is 10.5. The Labute approximate surface area is 92.3 Å². The Morgan fingerprint density at radius 3 is 2.60 bits per heavy atom. The van der Waals surface area contributed by atoms with Gasteiger partial charge in [0.1, 0.15) is 0 Å². The molecule has 0 unspecified atom stereocenters. The van der Waals surface area contributed by atoms with Gasteiger partial charge < -0.3 is 4.98 Å². The third-order valence-corrected chi connectivity index (χ3v) is 2.55. The topological polar surface area (TPSA) is 37.8 Å². The van der Waals surface area contributed by atoms with E-state index in [1.165, 1.54) is 0 Å². The summed E-state index contributed by atoms with van der Waals surface area (Å²) in [5, 5.41) is 0.667. The van der Waals surface area contributed by atoms with Crippen molar-refractivity contribution in [2.75, 3.05) is 0 Å². The van der Waals surface area contributed by atoms with Crippen molar-refractivity contribution in [2.45, 2.75) is 13.3 Å². The van der Waals surface area contributed by atoms with Crippen LogP contribution in [0.2, 0.25) is 5.02 Å². The monoisotopic (exact) mass is 222 g/mol. The van der Waals surface area contributed by atoms with E-state index < -0.39 is 0 Å². The first-order chi connectivity index (χ1) is 7.22. The van der Waals surface area contributed by atoms with Gasteiger partial charge in [0.15, 0.2) is 0 Å². The molecule has 0 fully saturated rings. The van der Waals surface area contributed by atoms with Crippen LogP contribution < -0.4 is 5.69 Å². The van der Waals surface area contributed by atoms with Crippen LogP contribution in [0.4, 0.5) is 0 Å². The third-order valence-electron chi connectivity index (χ3n) is 2.30. The fraction of sp³-hybridized carbons (Fsp3) is 0.182. The summed E-state index contributed by atoms with van der Waals surface area (Å²) in [5.74, 6) is 0. The standard InChI is InChI=1S/C11H11ClN2O/c1-2-9-7-13-11(15)14(9)10-5-3-8(12)4-6-10/h3-7H,2H2,1H3,(H,13,15). The second-order valence-corrected chi connectivity index (χ2v) is 3.69. The van der Waals surface area contributed by atoms with Crippen molar-refractivity contribution in [3.8, 4) is 5.69 Å². The van der Waals surface area contributed by atoms with E-state index in [9.17, 15) is 4.79 Å². The Kier molecular flexibility index (Phi) is 2.64. The summed E-state index contributed by atoms with van der Waals surface area (Å²) in [7, 11) is 0. The molecule has 0 radical (unpaired) electrons. The zero-order chi connectivity index (χ0) is 10.8. The SMILES string of the molecule is CCc1c[nH]c(=O)n1-c1ccc(Cl)cc1. The number of benzene rings is 1. The van der Waals surface area contributed by atoms with Gasteiger partial charge in [0, 0.05) is 16.9 Å². The molecule has 78 valence electrons. The summed E-state index contributed by atoms with van der Waals surface area (Å²) >= 11 is 5.79. The molecule has 0 saturated carbocycles. The van der Waals surface area contributed by atoms with Crippen LogP contribution in [-0.4, -0.2) is 9.55 Å². The molecule has 1 heterocycles. The number of hydrogen-bond acceptors (Lipinski definition) is 1. The van der Waals surface area contributed by atoms with Gasteiger partial charge in [-0.15, -0.1) is 0 Å². The summed E-state index contributed by atoms with van der Waals surface area (Å²) in [4.78, 5) is 14.2. The molecule has 1 N–H and O–H groups in total. The molecular weight excluding hydrogens is 212 g/mol. The van der Waals surface area contributed by atoms with E-state index in [0.717, 1.165) is 17.8 Å². The Hall–Kier alpha value is -1.48. The summed E-state index contributed by atoms with van der Waals surface area (Å²) in [6.07, 6.45) is 2.54. The number of halogens is 1. The maximum absolute atomic E-state index is 11.6. The molecule has 1 aromatic carbocycles. The van der Waals surface area contributed by atoms with Crippen molar-refractivity contribution in [3.05, 3.63) is 51.7 Å². The summed E-state index contributed by atoms with van der Waals surface area (Å²) in [5.41, 5.74) is 1.68. The lowest BCUT2D eigenvalue weighted by Gasteiger charge is -2.04. The lowest BCUT2D eigenvalue weighted by Crippen LogP contribution is -2.16. The van der Waals surface area contributed by atoms with Crippen LogP contribution in [0.25, 0.3) is 5.69 Å². The van der Waals surface area contributed by atoms with Crippen molar-refractivity contribution < 1.29 is 0 Å².